The van der Waals surface area contributed by atoms with Gasteiger partial charge < -0.3 is 10.1 Å². The number of methoxy groups -OCH3 is 1. The third kappa shape index (κ3) is 2.84. The lowest BCUT2D eigenvalue weighted by atomic mass is 10.1. The van der Waals surface area contributed by atoms with Gasteiger partial charge in [0, 0.05) is 11.8 Å². The number of hydrogen-bond donors (Lipinski definition) is 2. The molecule has 8 heteroatoms. The number of ether oxygens (including phenoxy) is 1. The monoisotopic (exact) mass is 286 g/mol. The van der Waals surface area contributed by atoms with Crippen LogP contribution in [0.5, 0.6) is 0 Å². The quantitative estimate of drug-likeness (QED) is 0.571. The highest BCUT2D eigenvalue weighted by molar-refractivity contribution is 7.99. The first-order valence-electron chi connectivity index (χ1n) is 6.09. The molecule has 19 heavy (non-hydrogen) atoms. The molecule has 1 heterocycles. The van der Waals surface area contributed by atoms with Crippen LogP contribution in [0.15, 0.2) is 9.95 Å². The number of aromatic amines is 1. The Bertz CT molecular complexity index is 522. The van der Waals surface area contributed by atoms with Crippen molar-refractivity contribution in [1.82, 2.24) is 20.1 Å². The lowest BCUT2D eigenvalue weighted by Crippen LogP contribution is -2.50. The molecule has 0 bridgehead atoms. The van der Waals surface area contributed by atoms with Crippen molar-refractivity contribution in [3.05, 3.63) is 10.5 Å². The number of thioether (sulfide) groups is 1. The fraction of sp³-hybridized carbons (Fsp3) is 0.727. The molecule has 1 aromatic rings. The maximum absolute atomic E-state index is 11.7. The van der Waals surface area contributed by atoms with Crippen LogP contribution in [0.25, 0.3) is 0 Å². The SMILES string of the molecule is CNC(C)(CSc1n[nH]c(=O)n1C1CC1)C(=O)OC. The van der Waals surface area contributed by atoms with E-state index in [1.165, 1.54) is 18.9 Å². The summed E-state index contributed by atoms with van der Waals surface area (Å²) < 4.78 is 6.44. The van der Waals surface area contributed by atoms with Gasteiger partial charge in [0.25, 0.3) is 0 Å². The number of carbonyl (C=O) groups is 1. The van der Waals surface area contributed by atoms with Crippen LogP contribution in [0.2, 0.25) is 0 Å². The molecule has 0 saturated heterocycles. The Balaban J connectivity index is 2.09. The average molecular weight is 286 g/mol. The van der Waals surface area contributed by atoms with Crippen molar-refractivity contribution < 1.29 is 9.53 Å². The molecule has 7 nitrogen and oxygen atoms in total. The van der Waals surface area contributed by atoms with Crippen LogP contribution in [0.4, 0.5) is 0 Å². The predicted molar refractivity (Wildman–Crippen MR) is 71.3 cm³/mol. The zero-order valence-electron chi connectivity index (χ0n) is 11.2. The van der Waals surface area contributed by atoms with Crippen molar-refractivity contribution in [2.75, 3.05) is 19.9 Å². The molecule has 0 aromatic carbocycles. The third-order valence-electron chi connectivity index (χ3n) is 3.26. The molecule has 1 aliphatic rings. The van der Waals surface area contributed by atoms with Gasteiger partial charge in [-0.3, -0.25) is 9.36 Å². The van der Waals surface area contributed by atoms with Crippen LogP contribution in [-0.4, -0.2) is 46.2 Å². The molecule has 2 N–H and O–H groups in total. The van der Waals surface area contributed by atoms with Gasteiger partial charge in [-0.25, -0.2) is 9.89 Å². The number of esters is 1. The fourth-order valence-corrected chi connectivity index (χ4v) is 2.88. The van der Waals surface area contributed by atoms with E-state index in [-0.39, 0.29) is 17.7 Å². The number of nitrogens with zero attached hydrogens (tertiary/aromatic N) is 2. The molecule has 1 aliphatic carbocycles. The summed E-state index contributed by atoms with van der Waals surface area (Å²) in [4.78, 5) is 23.4. The minimum atomic E-state index is -0.803. The van der Waals surface area contributed by atoms with Crippen molar-refractivity contribution in [2.45, 2.75) is 36.5 Å². The van der Waals surface area contributed by atoms with E-state index < -0.39 is 5.54 Å². The van der Waals surface area contributed by atoms with Gasteiger partial charge >= 0.3 is 11.7 Å². The highest BCUT2D eigenvalue weighted by Crippen LogP contribution is 2.36. The topological polar surface area (TPSA) is 89.0 Å². The van der Waals surface area contributed by atoms with Gasteiger partial charge in [-0.15, -0.1) is 5.10 Å². The zero-order chi connectivity index (χ0) is 14.0. The molecule has 106 valence electrons. The van der Waals surface area contributed by atoms with E-state index in [9.17, 15) is 9.59 Å². The molecule has 1 atom stereocenters. The first-order valence-corrected chi connectivity index (χ1v) is 7.07. The molecular weight excluding hydrogens is 268 g/mol. The van der Waals surface area contributed by atoms with E-state index in [4.69, 9.17) is 4.74 Å². The number of carbonyl (C=O) groups excluding carboxylic acids is 1. The Hall–Kier alpha value is -1.28. The first-order chi connectivity index (χ1) is 9.01. The number of hydrogen-bond acceptors (Lipinski definition) is 6. The van der Waals surface area contributed by atoms with Crippen molar-refractivity contribution in [2.24, 2.45) is 0 Å². The predicted octanol–water partition coefficient (Wildman–Crippen LogP) is 0.150. The summed E-state index contributed by atoms with van der Waals surface area (Å²) in [6, 6.07) is 0.257. The van der Waals surface area contributed by atoms with Crippen molar-refractivity contribution in [1.29, 1.82) is 0 Å². The average Bonchev–Trinajstić information content (AvgIpc) is 3.19. The largest absolute Gasteiger partial charge is 0.468 e. The highest BCUT2D eigenvalue weighted by atomic mass is 32.2. The normalized spacial score (nSPS) is 18.1. The van der Waals surface area contributed by atoms with Crippen LogP contribution < -0.4 is 11.0 Å². The molecule has 1 aromatic heterocycles. The smallest absolute Gasteiger partial charge is 0.344 e. The van der Waals surface area contributed by atoms with Crippen LogP contribution in [0, 0.1) is 0 Å². The summed E-state index contributed by atoms with van der Waals surface area (Å²) >= 11 is 1.37. The Kier molecular flexibility index (Phi) is 4.00. The van der Waals surface area contributed by atoms with Gasteiger partial charge in [0.2, 0.25) is 0 Å². The number of likely N-dealkylation sites (N-methyl/N-ethyl adjacent to an activating group) is 1. The Morgan fingerprint density at radius 1 is 1.68 bits per heavy atom. The van der Waals surface area contributed by atoms with E-state index in [0.29, 0.717) is 10.9 Å². The summed E-state index contributed by atoms with van der Waals surface area (Å²) in [5.41, 5.74) is -0.989. The van der Waals surface area contributed by atoms with Crippen molar-refractivity contribution in [3.8, 4) is 0 Å². The van der Waals surface area contributed by atoms with Gasteiger partial charge in [-0.1, -0.05) is 11.8 Å². The van der Waals surface area contributed by atoms with Gasteiger partial charge in [-0.2, -0.15) is 0 Å². The van der Waals surface area contributed by atoms with Crippen LogP contribution in [-0.2, 0) is 9.53 Å². The number of nitrogens with one attached hydrogen (secondary N) is 2. The van der Waals surface area contributed by atoms with Gasteiger partial charge in [-0.05, 0) is 26.8 Å². The Morgan fingerprint density at radius 2 is 2.37 bits per heavy atom. The lowest BCUT2D eigenvalue weighted by molar-refractivity contribution is -0.146. The van der Waals surface area contributed by atoms with E-state index >= 15 is 0 Å². The molecule has 2 rings (SSSR count). The standard InChI is InChI=1S/C11H18N4O3S/c1-11(12-2,8(16)18-3)6-19-10-14-13-9(17)15(10)7-4-5-7/h7,12H,4-6H2,1-3H3,(H,13,17). The van der Waals surface area contributed by atoms with E-state index in [1.54, 1.807) is 18.5 Å². The van der Waals surface area contributed by atoms with Crippen LogP contribution in [0.3, 0.4) is 0 Å². The van der Waals surface area contributed by atoms with Crippen molar-refractivity contribution in [3.63, 3.8) is 0 Å². The Labute approximate surface area is 115 Å². The van der Waals surface area contributed by atoms with Crippen LogP contribution >= 0.6 is 11.8 Å². The lowest BCUT2D eigenvalue weighted by Gasteiger charge is -2.25. The molecule has 0 amide bonds. The summed E-state index contributed by atoms with van der Waals surface area (Å²) in [5.74, 6) is 0.103. The summed E-state index contributed by atoms with van der Waals surface area (Å²) in [5, 5.41) is 10.0. The van der Waals surface area contributed by atoms with Gasteiger partial charge in [0.05, 0.1) is 7.11 Å². The van der Waals surface area contributed by atoms with E-state index in [0.717, 1.165) is 12.8 Å². The molecule has 0 radical (unpaired) electrons. The minimum Gasteiger partial charge on any atom is -0.468 e. The van der Waals surface area contributed by atoms with Gasteiger partial charge in [0.15, 0.2) is 5.16 Å². The van der Waals surface area contributed by atoms with Crippen molar-refractivity contribution >= 4 is 17.7 Å². The second-order valence-corrected chi connectivity index (χ2v) is 5.72. The Morgan fingerprint density at radius 3 is 2.89 bits per heavy atom. The molecular formula is C11H18N4O3S. The minimum absolute atomic E-state index is 0.186. The fourth-order valence-electron chi connectivity index (χ4n) is 1.71. The molecule has 1 saturated carbocycles. The zero-order valence-corrected chi connectivity index (χ0v) is 12.0. The van der Waals surface area contributed by atoms with E-state index in [2.05, 4.69) is 15.5 Å². The summed E-state index contributed by atoms with van der Waals surface area (Å²) in [6.45, 7) is 1.76. The summed E-state index contributed by atoms with van der Waals surface area (Å²) in [7, 11) is 3.06. The number of rotatable bonds is 6. The number of aromatic nitrogens is 3. The molecule has 0 aliphatic heterocycles. The maximum Gasteiger partial charge on any atom is 0.344 e. The van der Waals surface area contributed by atoms with Gasteiger partial charge in [0.1, 0.15) is 5.54 Å². The van der Waals surface area contributed by atoms with E-state index in [1.807, 2.05) is 0 Å². The number of H-pyrrole nitrogens is 1. The maximum atomic E-state index is 11.7. The highest BCUT2D eigenvalue weighted by Gasteiger charge is 2.34. The summed E-state index contributed by atoms with van der Waals surface area (Å²) in [6.07, 6.45) is 2.01. The third-order valence-corrected chi connectivity index (χ3v) is 4.53. The van der Waals surface area contributed by atoms with Crippen LogP contribution in [0.1, 0.15) is 25.8 Å². The molecule has 0 spiro atoms. The molecule has 1 unspecified atom stereocenters. The second kappa shape index (κ2) is 5.38. The second-order valence-electron chi connectivity index (χ2n) is 4.77. The first kappa shape index (κ1) is 14.1. The molecule has 1 fully saturated rings.